The standard InChI is InChI=1S/C12H18N2O3S/c1-13-18(16,17)11-7-4-10(5-8-11)6-9-12(15)14(2)3/h4-5,7-8,13H,6,9H2,1-3H3. The molecular weight excluding hydrogens is 252 g/mol. The van der Waals surface area contributed by atoms with Crippen molar-refractivity contribution in [1.29, 1.82) is 0 Å². The van der Waals surface area contributed by atoms with Gasteiger partial charge in [0.15, 0.2) is 0 Å². The molecule has 0 aliphatic carbocycles. The Morgan fingerprint density at radius 3 is 2.22 bits per heavy atom. The summed E-state index contributed by atoms with van der Waals surface area (Å²) in [5.74, 6) is 0.0573. The zero-order valence-corrected chi connectivity index (χ0v) is 11.6. The summed E-state index contributed by atoms with van der Waals surface area (Å²) in [4.78, 5) is 13.2. The Labute approximate surface area is 108 Å². The van der Waals surface area contributed by atoms with Crippen LogP contribution in [0, 0.1) is 0 Å². The molecule has 6 heteroatoms. The molecule has 0 aliphatic rings. The Morgan fingerprint density at radius 2 is 1.78 bits per heavy atom. The Bertz CT molecular complexity index is 507. The first-order chi connectivity index (χ1) is 8.36. The van der Waals surface area contributed by atoms with Crippen molar-refractivity contribution in [2.24, 2.45) is 0 Å². The first kappa shape index (κ1) is 14.7. The highest BCUT2D eigenvalue weighted by Gasteiger charge is 2.10. The third-order valence-electron chi connectivity index (χ3n) is 2.63. The molecule has 0 radical (unpaired) electrons. The quantitative estimate of drug-likeness (QED) is 0.852. The number of aryl methyl sites for hydroxylation is 1. The third kappa shape index (κ3) is 3.82. The summed E-state index contributed by atoms with van der Waals surface area (Å²) in [5, 5.41) is 0. The van der Waals surface area contributed by atoms with Crippen LogP contribution in [0.25, 0.3) is 0 Å². The van der Waals surface area contributed by atoms with Gasteiger partial charge in [-0.05, 0) is 31.2 Å². The Balaban J connectivity index is 2.70. The van der Waals surface area contributed by atoms with Gasteiger partial charge in [0, 0.05) is 20.5 Å². The maximum Gasteiger partial charge on any atom is 0.240 e. The van der Waals surface area contributed by atoms with E-state index >= 15 is 0 Å². The van der Waals surface area contributed by atoms with E-state index in [0.29, 0.717) is 12.8 Å². The number of nitrogens with zero attached hydrogens (tertiary/aromatic N) is 1. The topological polar surface area (TPSA) is 66.5 Å². The number of benzene rings is 1. The molecule has 0 unspecified atom stereocenters. The van der Waals surface area contributed by atoms with Crippen LogP contribution in [0.15, 0.2) is 29.2 Å². The summed E-state index contributed by atoms with van der Waals surface area (Å²) < 4.78 is 25.2. The molecule has 1 amide bonds. The molecule has 0 atom stereocenters. The molecule has 100 valence electrons. The minimum atomic E-state index is -3.38. The molecule has 0 saturated carbocycles. The van der Waals surface area contributed by atoms with E-state index in [0.717, 1.165) is 5.56 Å². The van der Waals surface area contributed by atoms with Crippen LogP contribution in [0.4, 0.5) is 0 Å². The van der Waals surface area contributed by atoms with E-state index in [1.54, 1.807) is 43.3 Å². The maximum atomic E-state index is 11.5. The highest BCUT2D eigenvalue weighted by atomic mass is 32.2. The molecule has 1 N–H and O–H groups in total. The number of carbonyl (C=O) groups excluding carboxylic acids is 1. The highest BCUT2D eigenvalue weighted by molar-refractivity contribution is 7.89. The van der Waals surface area contributed by atoms with Crippen molar-refractivity contribution in [1.82, 2.24) is 9.62 Å². The van der Waals surface area contributed by atoms with Gasteiger partial charge in [0.1, 0.15) is 0 Å². The van der Waals surface area contributed by atoms with Crippen LogP contribution in [0.5, 0.6) is 0 Å². The molecule has 0 saturated heterocycles. The van der Waals surface area contributed by atoms with Gasteiger partial charge in [-0.1, -0.05) is 12.1 Å². The van der Waals surface area contributed by atoms with Crippen molar-refractivity contribution in [3.8, 4) is 0 Å². The first-order valence-electron chi connectivity index (χ1n) is 5.59. The Morgan fingerprint density at radius 1 is 1.22 bits per heavy atom. The molecule has 1 aromatic carbocycles. The predicted octanol–water partition coefficient (Wildman–Crippen LogP) is 0.615. The summed E-state index contributed by atoms with van der Waals surface area (Å²) in [5.41, 5.74) is 0.945. The van der Waals surface area contributed by atoms with Crippen LogP contribution in [-0.4, -0.2) is 40.4 Å². The average molecular weight is 270 g/mol. The van der Waals surface area contributed by atoms with E-state index in [1.807, 2.05) is 0 Å². The van der Waals surface area contributed by atoms with Gasteiger partial charge < -0.3 is 4.90 Å². The van der Waals surface area contributed by atoms with Crippen LogP contribution in [0.2, 0.25) is 0 Å². The van der Waals surface area contributed by atoms with Gasteiger partial charge in [-0.15, -0.1) is 0 Å². The predicted molar refractivity (Wildman–Crippen MR) is 69.7 cm³/mol. The average Bonchev–Trinajstić information content (AvgIpc) is 2.36. The molecule has 1 aromatic rings. The molecule has 0 heterocycles. The summed E-state index contributed by atoms with van der Waals surface area (Å²) in [6, 6.07) is 6.54. The molecule has 0 fully saturated rings. The van der Waals surface area contributed by atoms with Gasteiger partial charge in [0.25, 0.3) is 0 Å². The lowest BCUT2D eigenvalue weighted by Gasteiger charge is -2.10. The molecule has 5 nitrogen and oxygen atoms in total. The number of hydrogen-bond donors (Lipinski definition) is 1. The van der Waals surface area contributed by atoms with Gasteiger partial charge in [0.05, 0.1) is 4.90 Å². The molecule has 0 spiro atoms. The highest BCUT2D eigenvalue weighted by Crippen LogP contribution is 2.11. The van der Waals surface area contributed by atoms with Crippen LogP contribution in [0.1, 0.15) is 12.0 Å². The van der Waals surface area contributed by atoms with Crippen molar-refractivity contribution in [3.05, 3.63) is 29.8 Å². The number of hydrogen-bond acceptors (Lipinski definition) is 3. The van der Waals surface area contributed by atoms with E-state index < -0.39 is 10.0 Å². The van der Waals surface area contributed by atoms with Crippen molar-refractivity contribution in [2.45, 2.75) is 17.7 Å². The maximum absolute atomic E-state index is 11.5. The summed E-state index contributed by atoms with van der Waals surface area (Å²) in [6.45, 7) is 0. The normalized spacial score (nSPS) is 11.3. The van der Waals surface area contributed by atoms with Gasteiger partial charge in [0.2, 0.25) is 15.9 Å². The Kier molecular flexibility index (Phi) is 4.86. The molecule has 0 bridgehead atoms. The van der Waals surface area contributed by atoms with Gasteiger partial charge in [-0.3, -0.25) is 4.79 Å². The lowest BCUT2D eigenvalue weighted by molar-refractivity contribution is -0.128. The minimum absolute atomic E-state index is 0.0573. The second kappa shape index (κ2) is 5.97. The van der Waals surface area contributed by atoms with Gasteiger partial charge in [-0.2, -0.15) is 0 Å². The smallest absolute Gasteiger partial charge is 0.240 e. The van der Waals surface area contributed by atoms with Crippen LogP contribution >= 0.6 is 0 Å². The lowest BCUT2D eigenvalue weighted by Crippen LogP contribution is -2.21. The molecule has 1 rings (SSSR count). The third-order valence-corrected chi connectivity index (χ3v) is 4.06. The fraction of sp³-hybridized carbons (Fsp3) is 0.417. The van der Waals surface area contributed by atoms with Gasteiger partial charge >= 0.3 is 0 Å². The number of sulfonamides is 1. The van der Waals surface area contributed by atoms with Crippen molar-refractivity contribution in [3.63, 3.8) is 0 Å². The number of amides is 1. The van der Waals surface area contributed by atoms with Gasteiger partial charge in [-0.25, -0.2) is 13.1 Å². The van der Waals surface area contributed by atoms with E-state index in [-0.39, 0.29) is 10.8 Å². The van der Waals surface area contributed by atoms with E-state index in [2.05, 4.69) is 4.72 Å². The zero-order valence-electron chi connectivity index (χ0n) is 10.8. The zero-order chi connectivity index (χ0) is 13.8. The number of nitrogens with one attached hydrogen (secondary N) is 1. The number of carbonyl (C=O) groups is 1. The summed E-state index contributed by atoms with van der Waals surface area (Å²) in [7, 11) is 1.42. The fourth-order valence-electron chi connectivity index (χ4n) is 1.43. The van der Waals surface area contributed by atoms with Crippen LogP contribution < -0.4 is 4.72 Å². The molecule has 0 aliphatic heterocycles. The van der Waals surface area contributed by atoms with Crippen molar-refractivity contribution < 1.29 is 13.2 Å². The molecular formula is C12H18N2O3S. The van der Waals surface area contributed by atoms with E-state index in [1.165, 1.54) is 7.05 Å². The summed E-state index contributed by atoms with van der Waals surface area (Å²) in [6.07, 6.45) is 1.03. The lowest BCUT2D eigenvalue weighted by atomic mass is 10.1. The van der Waals surface area contributed by atoms with E-state index in [9.17, 15) is 13.2 Å². The Hall–Kier alpha value is -1.40. The SMILES string of the molecule is CNS(=O)(=O)c1ccc(CCC(=O)N(C)C)cc1. The largest absolute Gasteiger partial charge is 0.349 e. The fourth-order valence-corrected chi connectivity index (χ4v) is 2.16. The van der Waals surface area contributed by atoms with Crippen LogP contribution in [-0.2, 0) is 21.2 Å². The monoisotopic (exact) mass is 270 g/mol. The first-order valence-corrected chi connectivity index (χ1v) is 7.08. The second-order valence-corrected chi connectivity index (χ2v) is 6.03. The molecule has 0 aromatic heterocycles. The summed E-state index contributed by atoms with van der Waals surface area (Å²) >= 11 is 0. The number of rotatable bonds is 5. The minimum Gasteiger partial charge on any atom is -0.349 e. The van der Waals surface area contributed by atoms with Crippen molar-refractivity contribution >= 4 is 15.9 Å². The van der Waals surface area contributed by atoms with Crippen molar-refractivity contribution in [2.75, 3.05) is 21.1 Å². The molecule has 18 heavy (non-hydrogen) atoms. The van der Waals surface area contributed by atoms with E-state index in [4.69, 9.17) is 0 Å². The van der Waals surface area contributed by atoms with Crippen LogP contribution in [0.3, 0.4) is 0 Å². The second-order valence-electron chi connectivity index (χ2n) is 4.14.